The van der Waals surface area contributed by atoms with Crippen molar-refractivity contribution < 1.29 is 14.3 Å². The largest absolute Gasteiger partial charge is 0.464 e. The number of unbranched alkanes of at least 4 members (excludes halogenated alkanes) is 1. The summed E-state index contributed by atoms with van der Waals surface area (Å²) in [5, 5.41) is 3.19. The molecule has 0 saturated carbocycles. The lowest BCUT2D eigenvalue weighted by molar-refractivity contribution is -0.148. The number of esters is 1. The molecule has 0 radical (unpaired) electrons. The van der Waals surface area contributed by atoms with Crippen molar-refractivity contribution in [1.29, 1.82) is 0 Å². The number of nitrogens with zero attached hydrogens (tertiary/aromatic N) is 1. The molecule has 30 heavy (non-hydrogen) atoms. The van der Waals surface area contributed by atoms with Gasteiger partial charge in [-0.3, -0.25) is 4.90 Å². The van der Waals surface area contributed by atoms with Crippen LogP contribution in [0, 0.1) is 13.8 Å². The summed E-state index contributed by atoms with van der Waals surface area (Å²) in [6.07, 6.45) is 1.74. The van der Waals surface area contributed by atoms with Crippen molar-refractivity contribution in [2.24, 2.45) is 0 Å². The Balaban J connectivity index is 1.89. The van der Waals surface area contributed by atoms with Crippen LogP contribution in [0.25, 0.3) is 0 Å². The summed E-state index contributed by atoms with van der Waals surface area (Å²) in [5.41, 5.74) is 3.62. The number of rotatable bonds is 6. The summed E-state index contributed by atoms with van der Waals surface area (Å²) in [7, 11) is 0. The Morgan fingerprint density at radius 2 is 1.97 bits per heavy atom. The van der Waals surface area contributed by atoms with E-state index in [9.17, 15) is 9.59 Å². The van der Waals surface area contributed by atoms with Gasteiger partial charge in [-0.2, -0.15) is 0 Å². The van der Waals surface area contributed by atoms with Crippen molar-refractivity contribution in [3.8, 4) is 0 Å². The lowest BCUT2D eigenvalue weighted by Gasteiger charge is -2.29. The highest BCUT2D eigenvalue weighted by molar-refractivity contribution is 7.99. The normalized spacial score (nSPS) is 18.3. The summed E-state index contributed by atoms with van der Waals surface area (Å²) in [4.78, 5) is 27.7. The molecular formula is C23H27ClN2O3S. The Bertz CT molecular complexity index is 921. The van der Waals surface area contributed by atoms with Crippen LogP contribution in [0.3, 0.4) is 0 Å². The number of anilines is 1. The van der Waals surface area contributed by atoms with E-state index in [1.54, 1.807) is 11.0 Å². The molecule has 2 atom stereocenters. The van der Waals surface area contributed by atoms with Gasteiger partial charge in [0.2, 0.25) is 0 Å². The highest BCUT2D eigenvalue weighted by Crippen LogP contribution is 2.44. The zero-order valence-electron chi connectivity index (χ0n) is 17.5. The minimum Gasteiger partial charge on any atom is -0.464 e. The van der Waals surface area contributed by atoms with Gasteiger partial charge in [0, 0.05) is 22.0 Å². The van der Waals surface area contributed by atoms with Crippen LogP contribution in [0.15, 0.2) is 42.5 Å². The third-order valence-electron chi connectivity index (χ3n) is 5.27. The maximum atomic E-state index is 13.4. The first-order valence-corrected chi connectivity index (χ1v) is 11.5. The second kappa shape index (κ2) is 10.2. The van der Waals surface area contributed by atoms with E-state index >= 15 is 0 Å². The molecular weight excluding hydrogens is 420 g/mol. The molecule has 1 aliphatic heterocycles. The van der Waals surface area contributed by atoms with E-state index in [0.717, 1.165) is 35.2 Å². The number of urea groups is 1. The maximum absolute atomic E-state index is 13.4. The number of carbonyl (C=O) groups is 2. The molecule has 2 aromatic carbocycles. The molecule has 3 rings (SSSR count). The topological polar surface area (TPSA) is 58.6 Å². The Kier molecular flexibility index (Phi) is 7.67. The number of hydrogen-bond acceptors (Lipinski definition) is 4. The van der Waals surface area contributed by atoms with Gasteiger partial charge in [-0.05, 0) is 43.5 Å². The fourth-order valence-corrected chi connectivity index (χ4v) is 5.08. The van der Waals surface area contributed by atoms with Crippen molar-refractivity contribution in [2.45, 2.75) is 45.0 Å². The van der Waals surface area contributed by atoms with Crippen LogP contribution in [0.4, 0.5) is 10.5 Å². The van der Waals surface area contributed by atoms with Crippen molar-refractivity contribution in [3.63, 3.8) is 0 Å². The molecule has 0 spiro atoms. The first kappa shape index (κ1) is 22.5. The van der Waals surface area contributed by atoms with Crippen LogP contribution in [-0.4, -0.2) is 35.3 Å². The monoisotopic (exact) mass is 446 g/mol. The number of amides is 2. The minimum absolute atomic E-state index is 0.337. The molecule has 7 heteroatoms. The first-order valence-electron chi connectivity index (χ1n) is 10.1. The van der Waals surface area contributed by atoms with Gasteiger partial charge in [0.1, 0.15) is 11.4 Å². The summed E-state index contributed by atoms with van der Waals surface area (Å²) in [6.45, 7) is 6.36. The summed E-state index contributed by atoms with van der Waals surface area (Å²) in [6, 6.07) is 12.2. The molecule has 1 aliphatic rings. The van der Waals surface area contributed by atoms with Crippen LogP contribution < -0.4 is 5.32 Å². The minimum atomic E-state index is -0.668. The SMILES string of the molecule is CCCCOC(=O)C1CSC(c2ccccc2Cl)N1C(=O)Nc1cccc(C)c1C. The van der Waals surface area contributed by atoms with Crippen molar-refractivity contribution in [3.05, 3.63) is 64.2 Å². The third-order valence-corrected chi connectivity index (χ3v) is 6.92. The quantitative estimate of drug-likeness (QED) is 0.440. The lowest BCUT2D eigenvalue weighted by atomic mass is 10.1. The van der Waals surface area contributed by atoms with Crippen LogP contribution in [0.2, 0.25) is 5.02 Å². The number of benzene rings is 2. The summed E-state index contributed by atoms with van der Waals surface area (Å²) >= 11 is 7.94. The van der Waals surface area contributed by atoms with Crippen molar-refractivity contribution in [2.75, 3.05) is 17.7 Å². The average molecular weight is 447 g/mol. The van der Waals surface area contributed by atoms with Crippen LogP contribution >= 0.6 is 23.4 Å². The molecule has 1 fully saturated rings. The number of hydrogen-bond donors (Lipinski definition) is 1. The number of nitrogens with one attached hydrogen (secondary N) is 1. The van der Waals surface area contributed by atoms with Gasteiger partial charge in [-0.15, -0.1) is 11.8 Å². The number of thioether (sulfide) groups is 1. The second-order valence-corrected chi connectivity index (χ2v) is 8.85. The molecule has 0 aromatic heterocycles. The molecule has 0 bridgehead atoms. The van der Waals surface area contributed by atoms with E-state index in [4.69, 9.17) is 16.3 Å². The highest BCUT2D eigenvalue weighted by Gasteiger charge is 2.44. The second-order valence-electron chi connectivity index (χ2n) is 7.33. The smallest absolute Gasteiger partial charge is 0.329 e. The van der Waals surface area contributed by atoms with Crippen LogP contribution in [-0.2, 0) is 9.53 Å². The lowest BCUT2D eigenvalue weighted by Crippen LogP contribution is -2.46. The number of carbonyl (C=O) groups excluding carboxylic acids is 2. The van der Waals surface area contributed by atoms with Crippen LogP contribution in [0.1, 0.15) is 41.8 Å². The number of halogens is 1. The Labute approximate surface area is 187 Å². The number of aryl methyl sites for hydroxylation is 1. The highest BCUT2D eigenvalue weighted by atomic mass is 35.5. The standard InChI is InChI=1S/C23H27ClN2O3S/c1-4-5-13-29-22(27)20-14-30-21(17-10-6-7-11-18(17)24)26(20)23(28)25-19-12-8-9-15(2)16(19)3/h6-12,20-21H,4-5,13-14H2,1-3H3,(H,25,28). The van der Waals surface area contributed by atoms with E-state index < -0.39 is 6.04 Å². The van der Waals surface area contributed by atoms with E-state index in [1.165, 1.54) is 11.8 Å². The predicted octanol–water partition coefficient (Wildman–Crippen LogP) is 5.95. The third kappa shape index (κ3) is 4.93. The maximum Gasteiger partial charge on any atom is 0.329 e. The molecule has 2 unspecified atom stereocenters. The number of ether oxygens (including phenoxy) is 1. The predicted molar refractivity (Wildman–Crippen MR) is 123 cm³/mol. The van der Waals surface area contributed by atoms with Gasteiger partial charge in [0.25, 0.3) is 0 Å². The zero-order chi connectivity index (χ0) is 21.7. The van der Waals surface area contributed by atoms with Gasteiger partial charge in [-0.25, -0.2) is 9.59 Å². The Morgan fingerprint density at radius 3 is 2.70 bits per heavy atom. The summed E-state index contributed by atoms with van der Waals surface area (Å²) < 4.78 is 5.45. The molecule has 2 amide bonds. The van der Waals surface area contributed by atoms with E-state index in [-0.39, 0.29) is 17.4 Å². The van der Waals surface area contributed by atoms with Crippen molar-refractivity contribution in [1.82, 2.24) is 4.90 Å². The molecule has 1 saturated heterocycles. The van der Waals surface area contributed by atoms with Gasteiger partial charge < -0.3 is 10.1 Å². The van der Waals surface area contributed by atoms with E-state index in [0.29, 0.717) is 17.4 Å². The molecule has 1 heterocycles. The molecule has 160 valence electrons. The van der Waals surface area contributed by atoms with E-state index in [2.05, 4.69) is 5.32 Å². The molecule has 0 aliphatic carbocycles. The zero-order valence-corrected chi connectivity index (χ0v) is 19.1. The van der Waals surface area contributed by atoms with Gasteiger partial charge >= 0.3 is 12.0 Å². The summed E-state index contributed by atoms with van der Waals surface area (Å²) in [5.74, 6) is 0.0859. The first-order chi connectivity index (χ1) is 14.4. The average Bonchev–Trinajstić information content (AvgIpc) is 3.17. The van der Waals surface area contributed by atoms with Gasteiger partial charge in [-0.1, -0.05) is 55.3 Å². The van der Waals surface area contributed by atoms with Crippen LogP contribution in [0.5, 0.6) is 0 Å². The molecule has 2 aromatic rings. The van der Waals surface area contributed by atoms with Gasteiger partial charge in [0.05, 0.1) is 6.61 Å². The Hall–Kier alpha value is -2.18. The fourth-order valence-electron chi connectivity index (χ4n) is 3.33. The molecule has 1 N–H and O–H groups in total. The van der Waals surface area contributed by atoms with E-state index in [1.807, 2.05) is 57.2 Å². The molecule has 5 nitrogen and oxygen atoms in total. The van der Waals surface area contributed by atoms with Gasteiger partial charge in [0.15, 0.2) is 0 Å². The van der Waals surface area contributed by atoms with Crippen molar-refractivity contribution >= 4 is 41.1 Å². The fraction of sp³-hybridized carbons (Fsp3) is 0.391. The Morgan fingerprint density at radius 1 is 1.20 bits per heavy atom.